The van der Waals surface area contributed by atoms with E-state index in [1.807, 2.05) is 0 Å². The van der Waals surface area contributed by atoms with Crippen LogP contribution in [0.2, 0.25) is 10.0 Å². The number of carboxylic acid groups (broad SMARTS) is 1. The van der Waals surface area contributed by atoms with Crippen molar-refractivity contribution in [3.05, 3.63) is 52.5 Å². The normalized spacial score (nSPS) is 11.0. The van der Waals surface area contributed by atoms with Gasteiger partial charge in [-0.15, -0.1) is 0 Å². The summed E-state index contributed by atoms with van der Waals surface area (Å²) in [6.45, 7) is 0. The summed E-state index contributed by atoms with van der Waals surface area (Å²) < 4.78 is 27.2. The van der Waals surface area contributed by atoms with Crippen LogP contribution >= 0.6 is 23.2 Å². The molecule has 2 aromatic rings. The van der Waals surface area contributed by atoms with Gasteiger partial charge in [-0.05, 0) is 48.9 Å². The van der Waals surface area contributed by atoms with Gasteiger partial charge in [0.25, 0.3) is 10.0 Å². The number of rotatable bonds is 8. The number of aliphatic carboxylic acids is 1. The van der Waals surface area contributed by atoms with Gasteiger partial charge in [-0.3, -0.25) is 14.3 Å². The monoisotopic (exact) mass is 430 g/mol. The maximum atomic E-state index is 12.4. The summed E-state index contributed by atoms with van der Waals surface area (Å²) in [7, 11) is -3.84. The topological polar surface area (TPSA) is 113 Å². The standard InChI is InChI=1S/C17H16Cl2N2O5S/c18-14-9-6-12(10-15(14)19)21-27(25,26)13-7-4-11(5-8-13)20-16(22)2-1-3-17(23)24/h4-10,21H,1-3H2,(H,20,22)(H,23,24). The summed E-state index contributed by atoms with van der Waals surface area (Å²) in [5, 5.41) is 11.7. The van der Waals surface area contributed by atoms with Gasteiger partial charge in [-0.25, -0.2) is 8.42 Å². The predicted octanol–water partition coefficient (Wildman–Crippen LogP) is 3.99. The Bertz CT molecular complexity index is 946. The molecule has 0 heterocycles. The summed E-state index contributed by atoms with van der Waals surface area (Å²) in [6.07, 6.45) is 0.192. The van der Waals surface area contributed by atoms with E-state index in [-0.39, 0.29) is 40.8 Å². The van der Waals surface area contributed by atoms with Crippen molar-refractivity contribution in [3.8, 4) is 0 Å². The van der Waals surface area contributed by atoms with E-state index in [1.165, 1.54) is 42.5 Å². The highest BCUT2D eigenvalue weighted by atomic mass is 35.5. The zero-order chi connectivity index (χ0) is 20.0. The fourth-order valence-electron chi connectivity index (χ4n) is 2.11. The van der Waals surface area contributed by atoms with Gasteiger partial charge < -0.3 is 10.4 Å². The SMILES string of the molecule is O=C(O)CCCC(=O)Nc1ccc(S(=O)(=O)Nc2ccc(Cl)c(Cl)c2)cc1. The minimum Gasteiger partial charge on any atom is -0.481 e. The van der Waals surface area contributed by atoms with Crippen molar-refractivity contribution in [2.45, 2.75) is 24.2 Å². The zero-order valence-electron chi connectivity index (χ0n) is 13.9. The maximum Gasteiger partial charge on any atom is 0.303 e. The molecule has 0 aliphatic carbocycles. The number of sulfonamides is 1. The maximum absolute atomic E-state index is 12.4. The zero-order valence-corrected chi connectivity index (χ0v) is 16.2. The number of carboxylic acids is 1. The molecule has 0 aliphatic rings. The first-order chi connectivity index (χ1) is 12.7. The fourth-order valence-corrected chi connectivity index (χ4v) is 3.46. The van der Waals surface area contributed by atoms with Crippen LogP contribution in [0.3, 0.4) is 0 Å². The molecular weight excluding hydrogens is 415 g/mol. The van der Waals surface area contributed by atoms with Crippen molar-refractivity contribution in [2.24, 2.45) is 0 Å². The summed E-state index contributed by atoms with van der Waals surface area (Å²) >= 11 is 11.7. The summed E-state index contributed by atoms with van der Waals surface area (Å²) in [4.78, 5) is 22.1. The third kappa shape index (κ3) is 6.42. The number of anilines is 2. The molecule has 0 saturated heterocycles. The molecule has 0 atom stereocenters. The van der Waals surface area contributed by atoms with E-state index < -0.39 is 16.0 Å². The third-order valence-corrected chi connectivity index (χ3v) is 5.55. The van der Waals surface area contributed by atoms with E-state index in [9.17, 15) is 18.0 Å². The molecule has 2 aromatic carbocycles. The second kappa shape index (κ2) is 9.07. The average Bonchev–Trinajstić information content (AvgIpc) is 2.58. The highest BCUT2D eigenvalue weighted by molar-refractivity contribution is 7.92. The van der Waals surface area contributed by atoms with Crippen LogP contribution in [-0.4, -0.2) is 25.4 Å². The molecule has 144 valence electrons. The first-order valence-corrected chi connectivity index (χ1v) is 10.0. The quantitative estimate of drug-likeness (QED) is 0.585. The fraction of sp³-hybridized carbons (Fsp3) is 0.176. The smallest absolute Gasteiger partial charge is 0.303 e. The van der Waals surface area contributed by atoms with Gasteiger partial charge in [0.2, 0.25) is 5.91 Å². The van der Waals surface area contributed by atoms with Crippen LogP contribution in [0.5, 0.6) is 0 Å². The Morgan fingerprint density at radius 2 is 1.56 bits per heavy atom. The van der Waals surface area contributed by atoms with Gasteiger partial charge in [-0.2, -0.15) is 0 Å². The molecule has 0 bridgehead atoms. The molecule has 0 fully saturated rings. The van der Waals surface area contributed by atoms with E-state index in [0.717, 1.165) is 0 Å². The number of hydrogen-bond donors (Lipinski definition) is 3. The molecule has 0 spiro atoms. The van der Waals surface area contributed by atoms with Gasteiger partial charge in [0.15, 0.2) is 0 Å². The molecule has 10 heteroatoms. The number of amides is 1. The number of benzene rings is 2. The summed E-state index contributed by atoms with van der Waals surface area (Å²) in [5.41, 5.74) is 0.670. The molecule has 1 amide bonds. The Balaban J connectivity index is 2.01. The second-order valence-corrected chi connectivity index (χ2v) is 8.05. The number of carbonyl (C=O) groups excluding carboxylic acids is 1. The van der Waals surface area contributed by atoms with Crippen LogP contribution < -0.4 is 10.0 Å². The molecule has 0 unspecified atom stereocenters. The van der Waals surface area contributed by atoms with Crippen LogP contribution in [0.1, 0.15) is 19.3 Å². The molecule has 0 aliphatic heterocycles. The minimum absolute atomic E-state index is 0.00236. The Hall–Kier alpha value is -2.29. The third-order valence-electron chi connectivity index (χ3n) is 3.41. The summed E-state index contributed by atoms with van der Waals surface area (Å²) in [5.74, 6) is -1.31. The van der Waals surface area contributed by atoms with Gasteiger partial charge in [-0.1, -0.05) is 23.2 Å². The van der Waals surface area contributed by atoms with E-state index in [4.69, 9.17) is 28.3 Å². The lowest BCUT2D eigenvalue weighted by Gasteiger charge is -2.10. The van der Waals surface area contributed by atoms with Gasteiger partial charge in [0.05, 0.1) is 20.6 Å². The van der Waals surface area contributed by atoms with Gasteiger partial charge in [0, 0.05) is 18.5 Å². The van der Waals surface area contributed by atoms with Gasteiger partial charge >= 0.3 is 5.97 Å². The Morgan fingerprint density at radius 3 is 2.15 bits per heavy atom. The molecule has 7 nitrogen and oxygen atoms in total. The Morgan fingerprint density at radius 1 is 0.926 bits per heavy atom. The summed E-state index contributed by atoms with van der Waals surface area (Å²) in [6, 6.07) is 9.92. The van der Waals surface area contributed by atoms with Crippen molar-refractivity contribution in [2.75, 3.05) is 10.0 Å². The van der Waals surface area contributed by atoms with Crippen LogP contribution in [0.25, 0.3) is 0 Å². The Labute approximate surface area is 166 Å². The molecular formula is C17H16Cl2N2O5S. The van der Waals surface area contributed by atoms with Crippen molar-refractivity contribution in [1.82, 2.24) is 0 Å². The minimum atomic E-state index is -3.84. The van der Waals surface area contributed by atoms with Gasteiger partial charge in [0.1, 0.15) is 0 Å². The number of carbonyl (C=O) groups is 2. The molecule has 0 saturated carbocycles. The van der Waals surface area contributed by atoms with Crippen LogP contribution in [-0.2, 0) is 19.6 Å². The molecule has 27 heavy (non-hydrogen) atoms. The number of halogens is 2. The predicted molar refractivity (Wildman–Crippen MR) is 104 cm³/mol. The van der Waals surface area contributed by atoms with E-state index in [0.29, 0.717) is 10.7 Å². The van der Waals surface area contributed by atoms with Crippen molar-refractivity contribution in [1.29, 1.82) is 0 Å². The lowest BCUT2D eigenvalue weighted by atomic mass is 10.2. The molecule has 2 rings (SSSR count). The largest absolute Gasteiger partial charge is 0.481 e. The lowest BCUT2D eigenvalue weighted by molar-refractivity contribution is -0.137. The highest BCUT2D eigenvalue weighted by Gasteiger charge is 2.15. The van der Waals surface area contributed by atoms with Crippen molar-refractivity contribution < 1.29 is 23.1 Å². The Kier molecular flexibility index (Phi) is 7.06. The molecule has 0 aromatic heterocycles. The first kappa shape index (κ1) is 21.0. The molecule has 3 N–H and O–H groups in total. The highest BCUT2D eigenvalue weighted by Crippen LogP contribution is 2.26. The first-order valence-electron chi connectivity index (χ1n) is 7.77. The van der Waals surface area contributed by atoms with E-state index in [1.54, 1.807) is 0 Å². The van der Waals surface area contributed by atoms with Crippen LogP contribution in [0.4, 0.5) is 11.4 Å². The van der Waals surface area contributed by atoms with E-state index in [2.05, 4.69) is 10.0 Å². The number of hydrogen-bond acceptors (Lipinski definition) is 4. The molecule has 0 radical (unpaired) electrons. The lowest BCUT2D eigenvalue weighted by Crippen LogP contribution is -2.14. The second-order valence-electron chi connectivity index (χ2n) is 5.55. The van der Waals surface area contributed by atoms with Crippen LogP contribution in [0, 0.1) is 0 Å². The van der Waals surface area contributed by atoms with Crippen LogP contribution in [0.15, 0.2) is 47.4 Å². The van der Waals surface area contributed by atoms with Crippen molar-refractivity contribution >= 4 is 56.5 Å². The number of nitrogens with one attached hydrogen (secondary N) is 2. The van der Waals surface area contributed by atoms with Crippen molar-refractivity contribution in [3.63, 3.8) is 0 Å². The van der Waals surface area contributed by atoms with E-state index >= 15 is 0 Å². The average molecular weight is 431 g/mol.